The van der Waals surface area contributed by atoms with E-state index < -0.39 is 0 Å². The van der Waals surface area contributed by atoms with Gasteiger partial charge in [0.2, 0.25) is 0 Å². The number of Topliss-reactive ketones (excluding diaryl/α,β-unsaturated/α-hetero) is 1. The van der Waals surface area contributed by atoms with Crippen LogP contribution < -0.4 is 5.32 Å². The molecule has 0 saturated carbocycles. The third kappa shape index (κ3) is 2.50. The highest BCUT2D eigenvalue weighted by Gasteiger charge is 2.40. The number of furan rings is 1. The molecule has 0 aliphatic carbocycles. The molecule has 2 rings (SSSR count). The highest BCUT2D eigenvalue weighted by Crippen LogP contribution is 2.31. The zero-order valence-corrected chi connectivity index (χ0v) is 10.8. The van der Waals surface area contributed by atoms with Crippen LogP contribution in [-0.2, 0) is 4.79 Å². The summed E-state index contributed by atoms with van der Waals surface area (Å²) in [7, 11) is 0. The maximum atomic E-state index is 12.2. The van der Waals surface area contributed by atoms with Crippen LogP contribution in [0, 0.1) is 0 Å². The highest BCUT2D eigenvalue weighted by atomic mass is 16.3. The van der Waals surface area contributed by atoms with E-state index in [1.165, 1.54) is 0 Å². The van der Waals surface area contributed by atoms with Crippen molar-refractivity contribution in [3.8, 4) is 0 Å². The molecule has 0 aromatic carbocycles. The summed E-state index contributed by atoms with van der Waals surface area (Å²) in [4.78, 5) is 12.2. The van der Waals surface area contributed by atoms with E-state index in [4.69, 9.17) is 4.42 Å². The van der Waals surface area contributed by atoms with Crippen molar-refractivity contribution in [2.45, 2.75) is 45.2 Å². The number of nitrogens with one attached hydrogen (secondary N) is 1. The van der Waals surface area contributed by atoms with Crippen LogP contribution in [0.1, 0.15) is 39.9 Å². The van der Waals surface area contributed by atoms with Gasteiger partial charge in [0.1, 0.15) is 5.76 Å². The first kappa shape index (κ1) is 12.1. The Bertz CT molecular complexity index is 453. The van der Waals surface area contributed by atoms with Crippen LogP contribution in [0.5, 0.6) is 0 Å². The van der Waals surface area contributed by atoms with Crippen molar-refractivity contribution in [2.75, 3.05) is 0 Å². The number of carbonyl (C=O) groups is 1. The molecule has 3 nitrogen and oxygen atoms in total. The normalized spacial score (nSPS) is 25.2. The molecule has 3 heteroatoms. The molecule has 1 aromatic rings. The van der Waals surface area contributed by atoms with Crippen LogP contribution in [0.3, 0.4) is 0 Å². The van der Waals surface area contributed by atoms with Gasteiger partial charge in [-0.15, -0.1) is 0 Å². The monoisotopic (exact) mass is 233 g/mol. The van der Waals surface area contributed by atoms with Crippen molar-refractivity contribution < 1.29 is 9.21 Å². The minimum Gasteiger partial charge on any atom is -0.465 e. The van der Waals surface area contributed by atoms with E-state index in [1.54, 1.807) is 6.26 Å². The van der Waals surface area contributed by atoms with Crippen molar-refractivity contribution in [2.24, 2.45) is 0 Å². The van der Waals surface area contributed by atoms with Gasteiger partial charge in [0.15, 0.2) is 5.78 Å². The predicted molar refractivity (Wildman–Crippen MR) is 67.6 cm³/mol. The van der Waals surface area contributed by atoms with Gasteiger partial charge in [-0.1, -0.05) is 0 Å². The number of piperidine rings is 1. The SMILES string of the molecule is CC1(C)CC(=O)C(=Cc2ccco2)C(C)(C)N1. The molecule has 1 aliphatic rings. The lowest BCUT2D eigenvalue weighted by Crippen LogP contribution is -2.59. The van der Waals surface area contributed by atoms with Crippen molar-refractivity contribution >= 4 is 11.9 Å². The maximum absolute atomic E-state index is 12.2. The average molecular weight is 233 g/mol. The molecule has 0 atom stereocenters. The minimum absolute atomic E-state index is 0.152. The molecule has 17 heavy (non-hydrogen) atoms. The molecule has 1 N–H and O–H groups in total. The number of hydrogen-bond donors (Lipinski definition) is 1. The molecular weight excluding hydrogens is 214 g/mol. The fourth-order valence-corrected chi connectivity index (χ4v) is 2.58. The average Bonchev–Trinajstić information content (AvgIpc) is 2.60. The molecule has 2 heterocycles. The quantitative estimate of drug-likeness (QED) is 0.758. The number of carbonyl (C=O) groups excluding carboxylic acids is 1. The first-order chi connectivity index (χ1) is 7.80. The smallest absolute Gasteiger partial charge is 0.162 e. The summed E-state index contributed by atoms with van der Waals surface area (Å²) in [5, 5.41) is 3.49. The maximum Gasteiger partial charge on any atom is 0.162 e. The van der Waals surface area contributed by atoms with E-state index >= 15 is 0 Å². The van der Waals surface area contributed by atoms with Gasteiger partial charge in [-0.2, -0.15) is 0 Å². The summed E-state index contributed by atoms with van der Waals surface area (Å²) in [6, 6.07) is 3.68. The minimum atomic E-state index is -0.328. The summed E-state index contributed by atoms with van der Waals surface area (Å²) in [6.45, 7) is 8.16. The molecule has 0 bridgehead atoms. The molecule has 1 aromatic heterocycles. The van der Waals surface area contributed by atoms with E-state index in [-0.39, 0.29) is 16.9 Å². The Morgan fingerprint density at radius 1 is 1.35 bits per heavy atom. The number of hydrogen-bond acceptors (Lipinski definition) is 3. The second-order valence-corrected chi connectivity index (χ2v) is 5.81. The number of rotatable bonds is 1. The largest absolute Gasteiger partial charge is 0.465 e. The zero-order chi connectivity index (χ0) is 12.7. The van der Waals surface area contributed by atoms with Crippen molar-refractivity contribution in [3.63, 3.8) is 0 Å². The highest BCUT2D eigenvalue weighted by molar-refractivity contribution is 6.02. The lowest BCUT2D eigenvalue weighted by Gasteiger charge is -2.43. The fourth-order valence-electron chi connectivity index (χ4n) is 2.58. The lowest BCUT2D eigenvalue weighted by molar-refractivity contribution is -0.119. The predicted octanol–water partition coefficient (Wildman–Crippen LogP) is 2.78. The second-order valence-electron chi connectivity index (χ2n) is 5.81. The molecule has 0 amide bonds. The molecule has 92 valence electrons. The van der Waals surface area contributed by atoms with Gasteiger partial charge in [0, 0.05) is 23.1 Å². The number of ketones is 1. The van der Waals surface area contributed by atoms with Crippen LogP contribution >= 0.6 is 0 Å². The van der Waals surface area contributed by atoms with Crippen molar-refractivity contribution in [1.29, 1.82) is 0 Å². The first-order valence-electron chi connectivity index (χ1n) is 5.88. The molecule has 0 spiro atoms. The molecular formula is C14H19NO2. The first-order valence-corrected chi connectivity index (χ1v) is 5.88. The summed E-state index contributed by atoms with van der Waals surface area (Å²) >= 11 is 0. The van der Waals surface area contributed by atoms with Gasteiger partial charge in [-0.05, 0) is 45.9 Å². The third-order valence-electron chi connectivity index (χ3n) is 3.06. The van der Waals surface area contributed by atoms with E-state index in [0.717, 1.165) is 11.3 Å². The Labute approximate surface area is 102 Å². The topological polar surface area (TPSA) is 42.2 Å². The van der Waals surface area contributed by atoms with E-state index in [9.17, 15) is 4.79 Å². The van der Waals surface area contributed by atoms with Crippen LogP contribution in [0.25, 0.3) is 6.08 Å². The van der Waals surface area contributed by atoms with Crippen LogP contribution in [0.4, 0.5) is 0 Å². The molecule has 0 unspecified atom stereocenters. The molecule has 0 radical (unpaired) electrons. The molecule has 1 saturated heterocycles. The summed E-state index contributed by atoms with van der Waals surface area (Å²) < 4.78 is 5.27. The van der Waals surface area contributed by atoms with Crippen molar-refractivity contribution in [3.05, 3.63) is 29.7 Å². The standard InChI is InChI=1S/C14H19NO2/c1-13(2)9-12(16)11(14(3,4)15-13)8-10-6-5-7-17-10/h5-8,15H,9H2,1-4H3. The third-order valence-corrected chi connectivity index (χ3v) is 3.06. The van der Waals surface area contributed by atoms with Crippen LogP contribution in [0.15, 0.2) is 28.4 Å². The van der Waals surface area contributed by atoms with Gasteiger partial charge in [-0.25, -0.2) is 0 Å². The lowest BCUT2D eigenvalue weighted by atomic mass is 9.77. The van der Waals surface area contributed by atoms with Crippen LogP contribution in [-0.4, -0.2) is 16.9 Å². The Kier molecular flexibility index (Phi) is 2.74. The van der Waals surface area contributed by atoms with Crippen LogP contribution in [0.2, 0.25) is 0 Å². The summed E-state index contributed by atoms with van der Waals surface area (Å²) in [6.07, 6.45) is 3.97. The van der Waals surface area contributed by atoms with E-state index in [0.29, 0.717) is 6.42 Å². The summed E-state index contributed by atoms with van der Waals surface area (Å²) in [5.74, 6) is 0.915. The molecule has 1 fully saturated rings. The zero-order valence-electron chi connectivity index (χ0n) is 10.8. The van der Waals surface area contributed by atoms with E-state index in [2.05, 4.69) is 19.2 Å². The van der Waals surface area contributed by atoms with Gasteiger partial charge in [0.25, 0.3) is 0 Å². The molecule has 1 aliphatic heterocycles. The Balaban J connectivity index is 2.37. The van der Waals surface area contributed by atoms with Gasteiger partial charge < -0.3 is 9.73 Å². The van der Waals surface area contributed by atoms with Crippen molar-refractivity contribution in [1.82, 2.24) is 5.32 Å². The van der Waals surface area contributed by atoms with E-state index in [1.807, 2.05) is 32.1 Å². The van der Waals surface area contributed by atoms with Gasteiger partial charge >= 0.3 is 0 Å². The Morgan fingerprint density at radius 3 is 2.59 bits per heavy atom. The van der Waals surface area contributed by atoms with Gasteiger partial charge in [0.05, 0.1) is 6.26 Å². The Morgan fingerprint density at radius 2 is 2.06 bits per heavy atom. The fraction of sp³-hybridized carbons (Fsp3) is 0.500. The van der Waals surface area contributed by atoms with Gasteiger partial charge in [-0.3, -0.25) is 4.79 Å². The Hall–Kier alpha value is -1.35. The second kappa shape index (κ2) is 3.84. The summed E-state index contributed by atoms with van der Waals surface area (Å²) in [5.41, 5.74) is 0.305.